The Morgan fingerprint density at radius 1 is 1.44 bits per heavy atom. The van der Waals surface area contributed by atoms with Gasteiger partial charge < -0.3 is 10.2 Å². The molecule has 0 amide bonds. The van der Waals surface area contributed by atoms with E-state index in [1.54, 1.807) is 11.9 Å². The number of nitrogens with one attached hydrogen (secondary N) is 1. The molecule has 0 saturated carbocycles. The van der Waals surface area contributed by atoms with Crippen LogP contribution in [0.15, 0.2) is 12.3 Å². The SMILES string of the molecule is CC(C)NCCN(C)c1ncc(F)cc1F. The third-order valence-corrected chi connectivity index (χ3v) is 2.15. The van der Waals surface area contributed by atoms with E-state index in [0.717, 1.165) is 18.8 Å². The van der Waals surface area contributed by atoms with Crippen molar-refractivity contribution in [1.82, 2.24) is 10.3 Å². The first kappa shape index (κ1) is 12.8. The monoisotopic (exact) mass is 229 g/mol. The fourth-order valence-electron chi connectivity index (χ4n) is 1.32. The van der Waals surface area contributed by atoms with Crippen molar-refractivity contribution < 1.29 is 8.78 Å². The van der Waals surface area contributed by atoms with Crippen LogP contribution in [0.2, 0.25) is 0 Å². The maximum atomic E-state index is 13.3. The average Bonchev–Trinajstić information content (AvgIpc) is 2.16. The highest BCUT2D eigenvalue weighted by Gasteiger charge is 2.09. The van der Waals surface area contributed by atoms with Gasteiger partial charge in [-0.1, -0.05) is 13.8 Å². The van der Waals surface area contributed by atoms with Gasteiger partial charge in [-0.3, -0.25) is 0 Å². The minimum Gasteiger partial charge on any atom is -0.356 e. The van der Waals surface area contributed by atoms with E-state index in [2.05, 4.69) is 10.3 Å². The Hall–Kier alpha value is -1.23. The van der Waals surface area contributed by atoms with Crippen molar-refractivity contribution in [3.05, 3.63) is 23.9 Å². The van der Waals surface area contributed by atoms with Crippen LogP contribution >= 0.6 is 0 Å². The van der Waals surface area contributed by atoms with Crippen molar-refractivity contribution in [2.75, 3.05) is 25.0 Å². The summed E-state index contributed by atoms with van der Waals surface area (Å²) in [5, 5.41) is 3.21. The molecule has 1 aromatic heterocycles. The van der Waals surface area contributed by atoms with Gasteiger partial charge in [0.15, 0.2) is 11.6 Å². The summed E-state index contributed by atoms with van der Waals surface area (Å²) in [6.07, 6.45) is 1.02. The van der Waals surface area contributed by atoms with E-state index in [4.69, 9.17) is 0 Å². The van der Waals surface area contributed by atoms with Crippen LogP contribution in [-0.2, 0) is 0 Å². The number of halogens is 2. The molecule has 90 valence electrons. The summed E-state index contributed by atoms with van der Waals surface area (Å²) in [5.74, 6) is -1.12. The first-order chi connectivity index (χ1) is 7.50. The van der Waals surface area contributed by atoms with Crippen LogP contribution in [0.1, 0.15) is 13.8 Å². The summed E-state index contributed by atoms with van der Waals surface area (Å²) >= 11 is 0. The van der Waals surface area contributed by atoms with Crippen molar-refractivity contribution in [2.45, 2.75) is 19.9 Å². The van der Waals surface area contributed by atoms with Crippen LogP contribution in [0.5, 0.6) is 0 Å². The zero-order valence-electron chi connectivity index (χ0n) is 9.80. The molecule has 0 fully saturated rings. The maximum Gasteiger partial charge on any atom is 0.168 e. The molecule has 0 atom stereocenters. The summed E-state index contributed by atoms with van der Waals surface area (Å²) in [5.41, 5.74) is 0. The second kappa shape index (κ2) is 5.75. The Labute approximate surface area is 94.5 Å². The van der Waals surface area contributed by atoms with Gasteiger partial charge >= 0.3 is 0 Å². The molecule has 3 nitrogen and oxygen atoms in total. The molecule has 0 aliphatic carbocycles. The van der Waals surface area contributed by atoms with Crippen LogP contribution in [-0.4, -0.2) is 31.2 Å². The third-order valence-electron chi connectivity index (χ3n) is 2.15. The van der Waals surface area contributed by atoms with E-state index in [1.165, 1.54) is 0 Å². The molecule has 1 aromatic rings. The Morgan fingerprint density at radius 2 is 2.12 bits per heavy atom. The Bertz CT molecular complexity index is 342. The zero-order chi connectivity index (χ0) is 12.1. The number of likely N-dealkylation sites (N-methyl/N-ethyl adjacent to an activating group) is 1. The lowest BCUT2D eigenvalue weighted by atomic mass is 10.3. The molecular weight excluding hydrogens is 212 g/mol. The molecule has 16 heavy (non-hydrogen) atoms. The van der Waals surface area contributed by atoms with Gasteiger partial charge in [0.25, 0.3) is 0 Å². The summed E-state index contributed by atoms with van der Waals surface area (Å²) in [6.45, 7) is 5.42. The molecule has 0 aliphatic rings. The second-order valence-electron chi connectivity index (χ2n) is 3.99. The number of anilines is 1. The predicted molar refractivity (Wildman–Crippen MR) is 60.6 cm³/mol. The van der Waals surface area contributed by atoms with Gasteiger partial charge in [0.1, 0.15) is 5.82 Å². The number of hydrogen-bond acceptors (Lipinski definition) is 3. The molecule has 5 heteroatoms. The van der Waals surface area contributed by atoms with E-state index in [0.29, 0.717) is 12.6 Å². The number of hydrogen-bond donors (Lipinski definition) is 1. The van der Waals surface area contributed by atoms with E-state index < -0.39 is 11.6 Å². The molecular formula is C11H17F2N3. The first-order valence-electron chi connectivity index (χ1n) is 5.26. The normalized spacial score (nSPS) is 10.9. The van der Waals surface area contributed by atoms with Crippen molar-refractivity contribution in [2.24, 2.45) is 0 Å². The highest BCUT2D eigenvalue weighted by Crippen LogP contribution is 2.14. The number of rotatable bonds is 5. The van der Waals surface area contributed by atoms with Crippen LogP contribution in [0.25, 0.3) is 0 Å². The number of pyridine rings is 1. The highest BCUT2D eigenvalue weighted by atomic mass is 19.1. The van der Waals surface area contributed by atoms with Gasteiger partial charge in [-0.15, -0.1) is 0 Å². The third kappa shape index (κ3) is 3.73. The van der Waals surface area contributed by atoms with Crippen LogP contribution in [0.4, 0.5) is 14.6 Å². The van der Waals surface area contributed by atoms with Gasteiger partial charge in [0.05, 0.1) is 6.20 Å². The quantitative estimate of drug-likeness (QED) is 0.834. The summed E-state index contributed by atoms with van der Waals surface area (Å²) in [7, 11) is 1.73. The molecule has 0 aliphatic heterocycles. The smallest absolute Gasteiger partial charge is 0.168 e. The summed E-state index contributed by atoms with van der Waals surface area (Å²) in [4.78, 5) is 5.38. The lowest BCUT2D eigenvalue weighted by Gasteiger charge is -2.19. The van der Waals surface area contributed by atoms with Gasteiger partial charge in [-0.05, 0) is 0 Å². The topological polar surface area (TPSA) is 28.2 Å². The molecule has 0 spiro atoms. The van der Waals surface area contributed by atoms with E-state index in [9.17, 15) is 8.78 Å². The van der Waals surface area contributed by atoms with Crippen molar-refractivity contribution in [1.29, 1.82) is 0 Å². The molecule has 0 aromatic carbocycles. The van der Waals surface area contributed by atoms with E-state index in [-0.39, 0.29) is 5.82 Å². The van der Waals surface area contributed by atoms with Crippen molar-refractivity contribution in [3.8, 4) is 0 Å². The van der Waals surface area contributed by atoms with Crippen molar-refractivity contribution in [3.63, 3.8) is 0 Å². The molecule has 0 radical (unpaired) electrons. The van der Waals surface area contributed by atoms with Crippen LogP contribution in [0.3, 0.4) is 0 Å². The minimum atomic E-state index is -0.657. The van der Waals surface area contributed by atoms with Gasteiger partial charge in [0, 0.05) is 32.2 Å². The molecule has 0 unspecified atom stereocenters. The maximum absolute atomic E-state index is 13.3. The Morgan fingerprint density at radius 3 is 2.69 bits per heavy atom. The van der Waals surface area contributed by atoms with Crippen LogP contribution in [0, 0.1) is 11.6 Å². The highest BCUT2D eigenvalue weighted by molar-refractivity contribution is 5.38. The van der Waals surface area contributed by atoms with E-state index in [1.807, 2.05) is 13.8 Å². The minimum absolute atomic E-state index is 0.173. The number of nitrogens with zero attached hydrogens (tertiary/aromatic N) is 2. The average molecular weight is 229 g/mol. The summed E-state index contributed by atoms with van der Waals surface area (Å²) < 4.78 is 26.0. The Balaban J connectivity index is 2.55. The zero-order valence-corrected chi connectivity index (χ0v) is 9.80. The fraction of sp³-hybridized carbons (Fsp3) is 0.545. The fourth-order valence-corrected chi connectivity index (χ4v) is 1.32. The predicted octanol–water partition coefficient (Wildman–Crippen LogP) is 1.79. The lowest BCUT2D eigenvalue weighted by molar-refractivity contribution is 0.561. The van der Waals surface area contributed by atoms with Gasteiger partial charge in [0.2, 0.25) is 0 Å². The number of aromatic nitrogens is 1. The first-order valence-corrected chi connectivity index (χ1v) is 5.26. The van der Waals surface area contributed by atoms with Gasteiger partial charge in [-0.2, -0.15) is 0 Å². The lowest BCUT2D eigenvalue weighted by Crippen LogP contribution is -2.33. The Kier molecular flexibility index (Phi) is 4.61. The summed E-state index contributed by atoms with van der Waals surface area (Å²) in [6, 6.07) is 1.23. The molecule has 1 N–H and O–H groups in total. The largest absolute Gasteiger partial charge is 0.356 e. The molecule has 1 rings (SSSR count). The molecule has 0 bridgehead atoms. The van der Waals surface area contributed by atoms with Gasteiger partial charge in [-0.25, -0.2) is 13.8 Å². The second-order valence-corrected chi connectivity index (χ2v) is 3.99. The molecule has 1 heterocycles. The van der Waals surface area contributed by atoms with Crippen molar-refractivity contribution >= 4 is 5.82 Å². The van der Waals surface area contributed by atoms with E-state index >= 15 is 0 Å². The molecule has 0 saturated heterocycles. The van der Waals surface area contributed by atoms with Crippen LogP contribution < -0.4 is 10.2 Å². The standard InChI is InChI=1S/C11H17F2N3/c1-8(2)14-4-5-16(3)11-10(13)6-9(12)7-15-11/h6-8,14H,4-5H2,1-3H3.